The van der Waals surface area contributed by atoms with E-state index in [0.29, 0.717) is 12.2 Å². The van der Waals surface area contributed by atoms with Crippen LogP contribution in [0, 0.1) is 17.6 Å². The van der Waals surface area contributed by atoms with Crippen molar-refractivity contribution in [3.8, 4) is 0 Å². The quantitative estimate of drug-likeness (QED) is 0.901. The average molecular weight is 365 g/mol. The number of rotatable bonds is 4. The molecule has 1 saturated heterocycles. The molecule has 130 valence electrons. The maximum atomic E-state index is 13.2. The molecule has 1 unspecified atom stereocenters. The fourth-order valence-electron chi connectivity index (χ4n) is 2.73. The third-order valence-electron chi connectivity index (χ3n) is 4.06. The predicted molar refractivity (Wildman–Crippen MR) is 90.0 cm³/mol. The largest absolute Gasteiger partial charge is 0.338 e. The molecule has 0 bridgehead atoms. The molecule has 1 atom stereocenters. The zero-order chi connectivity index (χ0) is 18.0. The number of benzene rings is 2. The Bertz CT molecular complexity index is 811. The van der Waals surface area contributed by atoms with Crippen LogP contribution in [0.2, 0.25) is 5.02 Å². The lowest BCUT2D eigenvalue weighted by atomic mass is 10.1. The molecule has 1 aliphatic rings. The first kappa shape index (κ1) is 17.4. The van der Waals surface area contributed by atoms with E-state index >= 15 is 0 Å². The second-order valence-electron chi connectivity index (χ2n) is 5.92. The number of likely N-dealkylation sites (tertiary alicyclic amines) is 1. The van der Waals surface area contributed by atoms with Crippen molar-refractivity contribution >= 4 is 29.1 Å². The van der Waals surface area contributed by atoms with Crippen molar-refractivity contribution in [3.63, 3.8) is 0 Å². The van der Waals surface area contributed by atoms with Crippen LogP contribution in [-0.4, -0.2) is 23.3 Å². The van der Waals surface area contributed by atoms with Crippen molar-refractivity contribution in [2.24, 2.45) is 5.92 Å². The summed E-state index contributed by atoms with van der Waals surface area (Å²) in [5, 5.41) is 2.56. The molecule has 0 aromatic heterocycles. The van der Waals surface area contributed by atoms with E-state index < -0.39 is 11.7 Å². The molecule has 1 heterocycles. The molecule has 25 heavy (non-hydrogen) atoms. The lowest BCUT2D eigenvalue weighted by Crippen LogP contribution is -2.28. The summed E-state index contributed by atoms with van der Waals surface area (Å²) in [5.41, 5.74) is 1.17. The van der Waals surface area contributed by atoms with Crippen LogP contribution in [0.15, 0.2) is 42.5 Å². The minimum atomic E-state index is -0.568. The van der Waals surface area contributed by atoms with Gasteiger partial charge in [-0.2, -0.15) is 0 Å². The molecule has 0 spiro atoms. The number of hydrogen-bond donors (Lipinski definition) is 1. The van der Waals surface area contributed by atoms with Gasteiger partial charge in [-0.3, -0.25) is 9.59 Å². The van der Waals surface area contributed by atoms with Gasteiger partial charge in [-0.1, -0.05) is 23.7 Å². The Morgan fingerprint density at radius 3 is 2.60 bits per heavy atom. The lowest BCUT2D eigenvalue weighted by Gasteiger charge is -2.16. The fourth-order valence-corrected chi connectivity index (χ4v) is 2.91. The normalized spacial score (nSPS) is 17.0. The van der Waals surface area contributed by atoms with E-state index in [4.69, 9.17) is 11.6 Å². The Kier molecular flexibility index (Phi) is 4.99. The molecule has 0 saturated carbocycles. The lowest BCUT2D eigenvalue weighted by molar-refractivity contribution is -0.128. The Hall–Kier alpha value is -2.47. The SMILES string of the molecule is O=C(Nc1ccc(F)c(Cl)c1)C1CC(=O)N(Cc2ccc(F)cc2)C1. The van der Waals surface area contributed by atoms with Crippen molar-refractivity contribution in [2.75, 3.05) is 11.9 Å². The summed E-state index contributed by atoms with van der Waals surface area (Å²) in [6.07, 6.45) is 0.0992. The van der Waals surface area contributed by atoms with Crippen LogP contribution in [0.4, 0.5) is 14.5 Å². The van der Waals surface area contributed by atoms with Gasteiger partial charge < -0.3 is 10.2 Å². The van der Waals surface area contributed by atoms with Crippen molar-refractivity contribution < 1.29 is 18.4 Å². The van der Waals surface area contributed by atoms with Gasteiger partial charge in [-0.15, -0.1) is 0 Å². The number of carbonyl (C=O) groups excluding carboxylic acids is 2. The highest BCUT2D eigenvalue weighted by atomic mass is 35.5. The summed E-state index contributed by atoms with van der Waals surface area (Å²) in [6.45, 7) is 0.599. The highest BCUT2D eigenvalue weighted by Crippen LogP contribution is 2.24. The van der Waals surface area contributed by atoms with Gasteiger partial charge in [-0.25, -0.2) is 8.78 Å². The number of halogens is 3. The van der Waals surface area contributed by atoms with E-state index in [1.807, 2.05) is 0 Å². The molecule has 2 aromatic rings. The minimum Gasteiger partial charge on any atom is -0.338 e. The summed E-state index contributed by atoms with van der Waals surface area (Å²) in [6, 6.07) is 9.77. The van der Waals surface area contributed by atoms with E-state index in [1.54, 1.807) is 17.0 Å². The summed E-state index contributed by atoms with van der Waals surface area (Å²) < 4.78 is 26.1. The fraction of sp³-hybridized carbons (Fsp3) is 0.222. The Morgan fingerprint density at radius 1 is 1.20 bits per heavy atom. The minimum absolute atomic E-state index is 0.0850. The molecule has 0 aliphatic carbocycles. The predicted octanol–water partition coefficient (Wildman–Crippen LogP) is 3.61. The van der Waals surface area contributed by atoms with E-state index in [0.717, 1.165) is 5.56 Å². The van der Waals surface area contributed by atoms with Crippen molar-refractivity contribution in [1.29, 1.82) is 0 Å². The second-order valence-corrected chi connectivity index (χ2v) is 6.33. The van der Waals surface area contributed by atoms with Gasteiger partial charge in [0.25, 0.3) is 0 Å². The molecule has 4 nitrogen and oxygen atoms in total. The van der Waals surface area contributed by atoms with Crippen molar-refractivity contribution in [2.45, 2.75) is 13.0 Å². The van der Waals surface area contributed by atoms with E-state index in [2.05, 4.69) is 5.32 Å². The van der Waals surface area contributed by atoms with E-state index in [-0.39, 0.29) is 35.6 Å². The molecule has 2 amide bonds. The highest BCUT2D eigenvalue weighted by Gasteiger charge is 2.34. The van der Waals surface area contributed by atoms with Crippen LogP contribution in [-0.2, 0) is 16.1 Å². The van der Waals surface area contributed by atoms with Gasteiger partial charge in [0.2, 0.25) is 11.8 Å². The van der Waals surface area contributed by atoms with Gasteiger partial charge in [0.1, 0.15) is 11.6 Å². The average Bonchev–Trinajstić information content (AvgIpc) is 2.94. The van der Waals surface area contributed by atoms with Crippen LogP contribution in [0.1, 0.15) is 12.0 Å². The number of nitrogens with zero attached hydrogens (tertiary/aromatic N) is 1. The highest BCUT2D eigenvalue weighted by molar-refractivity contribution is 6.31. The zero-order valence-electron chi connectivity index (χ0n) is 13.1. The molecule has 1 N–H and O–H groups in total. The zero-order valence-corrected chi connectivity index (χ0v) is 13.9. The molecular formula is C18H15ClF2N2O2. The van der Waals surface area contributed by atoms with Crippen LogP contribution < -0.4 is 5.32 Å². The number of anilines is 1. The number of nitrogens with one attached hydrogen (secondary N) is 1. The van der Waals surface area contributed by atoms with Crippen LogP contribution in [0.3, 0.4) is 0 Å². The molecule has 1 fully saturated rings. The maximum Gasteiger partial charge on any atom is 0.229 e. The van der Waals surface area contributed by atoms with Crippen LogP contribution in [0.5, 0.6) is 0 Å². The van der Waals surface area contributed by atoms with Gasteiger partial charge in [-0.05, 0) is 35.9 Å². The maximum absolute atomic E-state index is 13.2. The Balaban J connectivity index is 1.62. The second kappa shape index (κ2) is 7.19. The van der Waals surface area contributed by atoms with Crippen LogP contribution in [0.25, 0.3) is 0 Å². The number of hydrogen-bond acceptors (Lipinski definition) is 2. The Morgan fingerprint density at radius 2 is 1.92 bits per heavy atom. The molecule has 2 aromatic carbocycles. The summed E-state index contributed by atoms with van der Waals surface area (Å²) in [7, 11) is 0. The third-order valence-corrected chi connectivity index (χ3v) is 4.35. The smallest absolute Gasteiger partial charge is 0.229 e. The monoisotopic (exact) mass is 364 g/mol. The standard InChI is InChI=1S/C18H15ClF2N2O2/c19-15-8-14(5-6-16(15)21)22-18(25)12-7-17(24)23(10-12)9-11-1-3-13(20)4-2-11/h1-6,8,12H,7,9-10H2,(H,22,25). The molecule has 1 aliphatic heterocycles. The summed E-state index contributed by atoms with van der Waals surface area (Å²) in [4.78, 5) is 26.0. The number of carbonyl (C=O) groups is 2. The molecule has 0 radical (unpaired) electrons. The topological polar surface area (TPSA) is 49.4 Å². The summed E-state index contributed by atoms with van der Waals surface area (Å²) in [5.74, 6) is -1.87. The third kappa shape index (κ3) is 4.14. The molecule has 3 rings (SSSR count). The van der Waals surface area contributed by atoms with E-state index in [1.165, 1.54) is 30.3 Å². The first-order chi connectivity index (χ1) is 11.9. The van der Waals surface area contributed by atoms with Crippen molar-refractivity contribution in [3.05, 3.63) is 64.7 Å². The van der Waals surface area contributed by atoms with Gasteiger partial charge in [0, 0.05) is 25.2 Å². The van der Waals surface area contributed by atoms with Gasteiger partial charge in [0.15, 0.2) is 0 Å². The van der Waals surface area contributed by atoms with Gasteiger partial charge in [0.05, 0.1) is 10.9 Å². The van der Waals surface area contributed by atoms with E-state index in [9.17, 15) is 18.4 Å². The number of amides is 2. The molecular weight excluding hydrogens is 350 g/mol. The first-order valence-corrected chi connectivity index (χ1v) is 8.08. The van der Waals surface area contributed by atoms with Gasteiger partial charge >= 0.3 is 0 Å². The molecule has 7 heteroatoms. The Labute approximate surface area is 148 Å². The first-order valence-electron chi connectivity index (χ1n) is 7.70. The van der Waals surface area contributed by atoms with Crippen LogP contribution >= 0.6 is 11.6 Å². The summed E-state index contributed by atoms with van der Waals surface area (Å²) >= 11 is 5.69. The van der Waals surface area contributed by atoms with Crippen molar-refractivity contribution in [1.82, 2.24) is 4.90 Å².